The van der Waals surface area contributed by atoms with Crippen molar-refractivity contribution >= 4 is 10.0 Å². The Kier molecular flexibility index (Phi) is 3.70. The highest BCUT2D eigenvalue weighted by Crippen LogP contribution is 2.27. The maximum Gasteiger partial charge on any atom is 0.246 e. The molecule has 1 unspecified atom stereocenters. The fraction of sp³-hybridized carbons (Fsp3) is 0.500. The highest BCUT2D eigenvalue weighted by Gasteiger charge is 2.36. The second-order valence-corrected chi connectivity index (χ2v) is 6.39. The predicted octanol–water partition coefficient (Wildman–Crippen LogP) is 1.28. The number of nitrogens with zero attached hydrogens (tertiary/aromatic N) is 1. The highest BCUT2D eigenvalue weighted by atomic mass is 32.2. The molecular formula is C12H16FNO3S. The van der Waals surface area contributed by atoms with Crippen molar-refractivity contribution in [2.45, 2.75) is 30.7 Å². The summed E-state index contributed by atoms with van der Waals surface area (Å²) in [6, 6.07) is 3.58. The van der Waals surface area contributed by atoms with Crippen LogP contribution in [0.1, 0.15) is 18.4 Å². The van der Waals surface area contributed by atoms with Crippen molar-refractivity contribution < 1.29 is 17.9 Å². The van der Waals surface area contributed by atoms with E-state index >= 15 is 0 Å². The van der Waals surface area contributed by atoms with Crippen LogP contribution in [0.5, 0.6) is 0 Å². The first-order valence-corrected chi connectivity index (χ1v) is 7.29. The van der Waals surface area contributed by atoms with Crippen molar-refractivity contribution in [1.29, 1.82) is 0 Å². The molecular weight excluding hydrogens is 257 g/mol. The number of rotatable bonds is 3. The summed E-state index contributed by atoms with van der Waals surface area (Å²) in [7, 11) is -3.85. The number of sulfonamides is 1. The van der Waals surface area contributed by atoms with Gasteiger partial charge in [-0.1, -0.05) is 6.07 Å². The van der Waals surface area contributed by atoms with Gasteiger partial charge in [0.1, 0.15) is 10.7 Å². The van der Waals surface area contributed by atoms with Gasteiger partial charge >= 0.3 is 0 Å². The summed E-state index contributed by atoms with van der Waals surface area (Å²) < 4.78 is 39.6. The highest BCUT2D eigenvalue weighted by molar-refractivity contribution is 7.89. The van der Waals surface area contributed by atoms with Crippen LogP contribution in [0.2, 0.25) is 0 Å². The third-order valence-corrected chi connectivity index (χ3v) is 5.17. The van der Waals surface area contributed by atoms with Gasteiger partial charge in [0.15, 0.2) is 0 Å². The summed E-state index contributed by atoms with van der Waals surface area (Å²) >= 11 is 0. The Labute approximate surface area is 106 Å². The van der Waals surface area contributed by atoms with E-state index in [-0.39, 0.29) is 11.5 Å². The fourth-order valence-corrected chi connectivity index (χ4v) is 4.08. The Hall–Kier alpha value is -0.980. The lowest BCUT2D eigenvalue weighted by Gasteiger charge is -2.22. The van der Waals surface area contributed by atoms with E-state index < -0.39 is 21.9 Å². The van der Waals surface area contributed by atoms with E-state index in [0.29, 0.717) is 24.9 Å². The maximum atomic E-state index is 13.7. The molecule has 2 rings (SSSR count). The van der Waals surface area contributed by atoms with Gasteiger partial charge in [-0.2, -0.15) is 4.31 Å². The van der Waals surface area contributed by atoms with Gasteiger partial charge in [0.05, 0.1) is 6.61 Å². The lowest BCUT2D eigenvalue weighted by atomic mass is 10.2. The van der Waals surface area contributed by atoms with Crippen molar-refractivity contribution in [3.63, 3.8) is 0 Å². The topological polar surface area (TPSA) is 57.6 Å². The number of hydrogen-bond acceptors (Lipinski definition) is 3. The quantitative estimate of drug-likeness (QED) is 0.902. The van der Waals surface area contributed by atoms with Gasteiger partial charge < -0.3 is 5.11 Å². The number of benzene rings is 1. The van der Waals surface area contributed by atoms with Gasteiger partial charge in [0, 0.05) is 12.6 Å². The molecule has 4 nitrogen and oxygen atoms in total. The lowest BCUT2D eigenvalue weighted by molar-refractivity contribution is 0.213. The van der Waals surface area contributed by atoms with Crippen LogP contribution in [-0.2, 0) is 10.0 Å². The molecule has 18 heavy (non-hydrogen) atoms. The van der Waals surface area contributed by atoms with E-state index in [1.807, 2.05) is 0 Å². The minimum atomic E-state index is -3.85. The van der Waals surface area contributed by atoms with Gasteiger partial charge in [-0.05, 0) is 37.5 Å². The number of halogens is 1. The van der Waals surface area contributed by atoms with Crippen molar-refractivity contribution in [2.24, 2.45) is 0 Å². The van der Waals surface area contributed by atoms with Crippen LogP contribution in [0.4, 0.5) is 4.39 Å². The number of hydrogen-bond donors (Lipinski definition) is 1. The molecule has 1 aliphatic rings. The molecule has 1 saturated heterocycles. The molecule has 100 valence electrons. The molecule has 0 bridgehead atoms. The summed E-state index contributed by atoms with van der Waals surface area (Å²) in [6.45, 7) is 1.82. The predicted molar refractivity (Wildman–Crippen MR) is 65.1 cm³/mol. The largest absolute Gasteiger partial charge is 0.395 e. The van der Waals surface area contributed by atoms with Crippen molar-refractivity contribution in [2.75, 3.05) is 13.2 Å². The van der Waals surface area contributed by atoms with Gasteiger partial charge in [-0.3, -0.25) is 0 Å². The Morgan fingerprint density at radius 3 is 2.89 bits per heavy atom. The molecule has 1 atom stereocenters. The Morgan fingerprint density at radius 1 is 1.50 bits per heavy atom. The Morgan fingerprint density at radius 2 is 2.22 bits per heavy atom. The first kappa shape index (κ1) is 13.5. The molecule has 0 saturated carbocycles. The van der Waals surface area contributed by atoms with Crippen molar-refractivity contribution in [1.82, 2.24) is 4.31 Å². The van der Waals surface area contributed by atoms with Crippen molar-refractivity contribution in [3.05, 3.63) is 29.6 Å². The molecule has 1 fully saturated rings. The van der Waals surface area contributed by atoms with Gasteiger partial charge in [0.2, 0.25) is 10.0 Å². The third kappa shape index (κ3) is 2.28. The summed E-state index contributed by atoms with van der Waals surface area (Å²) in [6.07, 6.45) is 1.31. The van der Waals surface area contributed by atoms with Crippen molar-refractivity contribution in [3.8, 4) is 0 Å². The van der Waals surface area contributed by atoms with Gasteiger partial charge in [0.25, 0.3) is 0 Å². The molecule has 6 heteroatoms. The average molecular weight is 273 g/mol. The first-order chi connectivity index (χ1) is 8.46. The van der Waals surface area contributed by atoms with Crippen LogP contribution < -0.4 is 0 Å². The molecule has 0 aliphatic carbocycles. The Balaban J connectivity index is 2.45. The van der Waals surface area contributed by atoms with E-state index in [4.69, 9.17) is 0 Å². The molecule has 1 heterocycles. The maximum absolute atomic E-state index is 13.7. The molecule has 1 N–H and O–H groups in total. The second kappa shape index (κ2) is 4.95. The molecule has 1 aromatic rings. The van der Waals surface area contributed by atoms with E-state index in [9.17, 15) is 17.9 Å². The average Bonchev–Trinajstić information content (AvgIpc) is 2.81. The second-order valence-electron chi connectivity index (χ2n) is 4.53. The van der Waals surface area contributed by atoms with Crippen LogP contribution in [0.3, 0.4) is 0 Å². The standard InChI is InChI=1S/C12H16FNO3S/c1-9-4-5-11(13)12(7-9)18(16,17)14-6-2-3-10(14)8-15/h4-5,7,10,15H,2-3,6,8H2,1H3. The molecule has 0 radical (unpaired) electrons. The van der Waals surface area contributed by atoms with E-state index in [2.05, 4.69) is 0 Å². The summed E-state index contributed by atoms with van der Waals surface area (Å²) in [4.78, 5) is -0.303. The minimum Gasteiger partial charge on any atom is -0.395 e. The smallest absolute Gasteiger partial charge is 0.246 e. The van der Waals surface area contributed by atoms with Gasteiger partial charge in [-0.25, -0.2) is 12.8 Å². The van der Waals surface area contributed by atoms with Crippen LogP contribution in [0.15, 0.2) is 23.1 Å². The minimum absolute atomic E-state index is 0.229. The number of aliphatic hydroxyl groups is 1. The van der Waals surface area contributed by atoms with E-state index in [1.165, 1.54) is 16.4 Å². The summed E-state index contributed by atoms with van der Waals surface area (Å²) in [5.74, 6) is -0.746. The zero-order chi connectivity index (χ0) is 13.3. The monoisotopic (exact) mass is 273 g/mol. The van der Waals surface area contributed by atoms with Crippen LogP contribution >= 0.6 is 0 Å². The zero-order valence-corrected chi connectivity index (χ0v) is 11.0. The van der Waals surface area contributed by atoms with Crippen LogP contribution in [0.25, 0.3) is 0 Å². The number of aryl methyl sites for hydroxylation is 1. The SMILES string of the molecule is Cc1ccc(F)c(S(=O)(=O)N2CCCC2CO)c1. The molecule has 0 spiro atoms. The normalized spacial score (nSPS) is 21.4. The van der Waals surface area contributed by atoms with Gasteiger partial charge in [-0.15, -0.1) is 0 Å². The summed E-state index contributed by atoms with van der Waals surface area (Å²) in [5, 5.41) is 9.17. The Bertz CT molecular complexity index is 544. The molecule has 0 amide bonds. The van der Waals surface area contributed by atoms with Crippen LogP contribution in [0, 0.1) is 12.7 Å². The van der Waals surface area contributed by atoms with E-state index in [0.717, 1.165) is 6.07 Å². The molecule has 1 aliphatic heterocycles. The summed E-state index contributed by atoms with van der Waals surface area (Å²) in [5.41, 5.74) is 0.690. The fourth-order valence-electron chi connectivity index (χ4n) is 2.24. The first-order valence-electron chi connectivity index (χ1n) is 5.85. The lowest BCUT2D eigenvalue weighted by Crippen LogP contribution is -2.38. The molecule has 1 aromatic carbocycles. The van der Waals surface area contributed by atoms with E-state index in [1.54, 1.807) is 6.92 Å². The molecule has 0 aromatic heterocycles. The van der Waals surface area contributed by atoms with Crippen LogP contribution in [-0.4, -0.2) is 37.0 Å². The number of aliphatic hydroxyl groups excluding tert-OH is 1. The third-order valence-electron chi connectivity index (χ3n) is 3.21. The zero-order valence-electron chi connectivity index (χ0n) is 10.1.